The van der Waals surface area contributed by atoms with Gasteiger partial charge in [-0.05, 0) is 65.3 Å². The second kappa shape index (κ2) is 10.2. The first-order chi connectivity index (χ1) is 14.5. The van der Waals surface area contributed by atoms with Crippen molar-refractivity contribution >= 4 is 29.4 Å². The van der Waals surface area contributed by atoms with E-state index < -0.39 is 11.5 Å². The summed E-state index contributed by atoms with van der Waals surface area (Å²) in [4.78, 5) is 51.9. The molecular formula is C23H31N3O5. The lowest BCUT2D eigenvalue weighted by Crippen LogP contribution is -2.40. The number of benzene rings is 1. The fourth-order valence-corrected chi connectivity index (χ4v) is 3.10. The average molecular weight is 430 g/mol. The van der Waals surface area contributed by atoms with Crippen molar-refractivity contribution < 1.29 is 23.9 Å². The largest absolute Gasteiger partial charge is 0.444 e. The Balaban J connectivity index is 1.94. The van der Waals surface area contributed by atoms with Crippen molar-refractivity contribution in [1.82, 2.24) is 9.80 Å². The van der Waals surface area contributed by atoms with Crippen LogP contribution in [0.4, 0.5) is 10.5 Å². The number of hydrogen-bond donors (Lipinski definition) is 1. The molecule has 0 radical (unpaired) electrons. The Hall–Kier alpha value is -3.16. The van der Waals surface area contributed by atoms with Crippen LogP contribution in [0.3, 0.4) is 0 Å². The molecule has 0 bridgehead atoms. The van der Waals surface area contributed by atoms with Gasteiger partial charge in [0.1, 0.15) is 5.60 Å². The Kier molecular flexibility index (Phi) is 7.96. The quantitative estimate of drug-likeness (QED) is 0.586. The molecular weight excluding hydrogens is 398 g/mol. The highest BCUT2D eigenvalue weighted by atomic mass is 16.6. The average Bonchev–Trinajstić information content (AvgIpc) is 2.92. The minimum absolute atomic E-state index is 0.0538. The Morgan fingerprint density at radius 1 is 0.935 bits per heavy atom. The van der Waals surface area contributed by atoms with Gasteiger partial charge in [-0.3, -0.25) is 14.4 Å². The van der Waals surface area contributed by atoms with Crippen molar-refractivity contribution in [1.29, 1.82) is 0 Å². The zero-order valence-electron chi connectivity index (χ0n) is 18.9. The molecule has 1 N–H and O–H groups in total. The van der Waals surface area contributed by atoms with Gasteiger partial charge in [0.2, 0.25) is 11.8 Å². The number of ketones is 1. The molecule has 8 nitrogen and oxygen atoms in total. The summed E-state index contributed by atoms with van der Waals surface area (Å²) in [6, 6.07) is 6.54. The highest BCUT2D eigenvalue weighted by Crippen LogP contribution is 2.14. The summed E-state index contributed by atoms with van der Waals surface area (Å²) in [5.74, 6) is -0.721. The summed E-state index contributed by atoms with van der Waals surface area (Å²) in [6.07, 6.45) is 1.51. The van der Waals surface area contributed by atoms with Gasteiger partial charge >= 0.3 is 6.09 Å². The monoisotopic (exact) mass is 429 g/mol. The first-order valence-electron chi connectivity index (χ1n) is 10.3. The van der Waals surface area contributed by atoms with Crippen LogP contribution in [-0.4, -0.2) is 65.3 Å². The molecule has 1 aliphatic rings. The zero-order chi connectivity index (χ0) is 23.2. The molecule has 2 rings (SSSR count). The number of carbonyl (C=O) groups is 4. The van der Waals surface area contributed by atoms with Crippen LogP contribution in [0.2, 0.25) is 0 Å². The summed E-state index contributed by atoms with van der Waals surface area (Å²) < 4.78 is 5.41. The maximum Gasteiger partial charge on any atom is 0.410 e. The van der Waals surface area contributed by atoms with E-state index in [0.29, 0.717) is 49.4 Å². The third-order valence-corrected chi connectivity index (χ3v) is 4.68. The lowest BCUT2D eigenvalue weighted by molar-refractivity contribution is -0.127. The third-order valence-electron chi connectivity index (χ3n) is 4.68. The lowest BCUT2D eigenvalue weighted by atomic mass is 10.1. The molecule has 3 amide bonds. The first-order valence-corrected chi connectivity index (χ1v) is 10.3. The molecule has 0 aromatic heterocycles. The number of hydrogen-bond acceptors (Lipinski definition) is 5. The van der Waals surface area contributed by atoms with Crippen LogP contribution in [0.5, 0.6) is 0 Å². The predicted molar refractivity (Wildman–Crippen MR) is 118 cm³/mol. The Labute approximate surface area is 183 Å². The molecule has 1 saturated heterocycles. The van der Waals surface area contributed by atoms with Crippen LogP contribution in [0.25, 0.3) is 0 Å². The number of anilines is 1. The number of carbonyl (C=O) groups excluding carboxylic acids is 4. The first kappa shape index (κ1) is 24.1. The van der Waals surface area contributed by atoms with Crippen molar-refractivity contribution in [2.75, 3.05) is 31.5 Å². The van der Waals surface area contributed by atoms with Gasteiger partial charge in [0.25, 0.3) is 0 Å². The molecule has 0 spiro atoms. The fourth-order valence-electron chi connectivity index (χ4n) is 3.10. The molecule has 0 saturated carbocycles. The van der Waals surface area contributed by atoms with Crippen LogP contribution < -0.4 is 5.32 Å². The van der Waals surface area contributed by atoms with Crippen LogP contribution in [0.15, 0.2) is 35.9 Å². The number of Topliss-reactive ketones (excluding diaryl/α,β-unsaturated/α-hetero) is 1. The predicted octanol–water partition coefficient (Wildman–Crippen LogP) is 3.24. The molecule has 1 aliphatic heterocycles. The second-order valence-corrected chi connectivity index (χ2v) is 8.56. The molecule has 0 unspecified atom stereocenters. The fraction of sp³-hybridized carbons (Fsp3) is 0.478. The number of rotatable bonds is 4. The Bertz CT molecular complexity index is 868. The van der Waals surface area contributed by atoms with Gasteiger partial charge in [0.05, 0.1) is 0 Å². The topological polar surface area (TPSA) is 96.0 Å². The van der Waals surface area contributed by atoms with E-state index in [1.807, 2.05) is 20.8 Å². The van der Waals surface area contributed by atoms with E-state index in [1.165, 1.54) is 13.0 Å². The van der Waals surface area contributed by atoms with E-state index in [2.05, 4.69) is 5.32 Å². The lowest BCUT2D eigenvalue weighted by Gasteiger charge is -2.26. The molecule has 1 fully saturated rings. The molecule has 0 aliphatic carbocycles. The molecule has 1 aromatic carbocycles. The summed E-state index contributed by atoms with van der Waals surface area (Å²) in [5, 5.41) is 2.69. The summed E-state index contributed by atoms with van der Waals surface area (Å²) in [5.41, 5.74) is 0.831. The number of nitrogens with one attached hydrogen (secondary N) is 1. The van der Waals surface area contributed by atoms with Gasteiger partial charge in [0.15, 0.2) is 5.78 Å². The SMILES string of the molecule is CC(=O)c1ccc(NC(=O)/C=C(/C)C(=O)N2CCCN(C(=O)OC(C)(C)C)CC2)cc1. The molecule has 8 heteroatoms. The normalized spacial score (nSPS) is 15.2. The van der Waals surface area contributed by atoms with E-state index in [9.17, 15) is 19.2 Å². The third kappa shape index (κ3) is 7.55. The number of nitrogens with zero attached hydrogens (tertiary/aromatic N) is 2. The Morgan fingerprint density at radius 3 is 2.10 bits per heavy atom. The number of amides is 3. The maximum atomic E-state index is 12.8. The van der Waals surface area contributed by atoms with Crippen molar-refractivity contribution in [3.63, 3.8) is 0 Å². The summed E-state index contributed by atoms with van der Waals surface area (Å²) >= 11 is 0. The van der Waals surface area contributed by atoms with Crippen molar-refractivity contribution in [3.8, 4) is 0 Å². The van der Waals surface area contributed by atoms with Crippen LogP contribution in [0, 0.1) is 0 Å². The van der Waals surface area contributed by atoms with Gasteiger partial charge in [-0.25, -0.2) is 4.79 Å². The summed E-state index contributed by atoms with van der Waals surface area (Å²) in [6.45, 7) is 10.3. The second-order valence-electron chi connectivity index (χ2n) is 8.56. The molecule has 1 aromatic rings. The van der Waals surface area contributed by atoms with Gasteiger partial charge in [-0.1, -0.05) is 0 Å². The van der Waals surface area contributed by atoms with E-state index >= 15 is 0 Å². The van der Waals surface area contributed by atoms with Gasteiger partial charge < -0.3 is 19.9 Å². The zero-order valence-corrected chi connectivity index (χ0v) is 18.9. The van der Waals surface area contributed by atoms with Crippen LogP contribution in [0.1, 0.15) is 51.4 Å². The van der Waals surface area contributed by atoms with Crippen LogP contribution in [-0.2, 0) is 14.3 Å². The van der Waals surface area contributed by atoms with Gasteiger partial charge in [-0.2, -0.15) is 0 Å². The number of ether oxygens (including phenoxy) is 1. The standard InChI is InChI=1S/C23H31N3O5/c1-16(15-20(28)24-19-9-7-18(8-10-19)17(2)27)21(29)25-11-6-12-26(14-13-25)22(30)31-23(3,4)5/h7-10,15H,6,11-14H2,1-5H3,(H,24,28)/b16-15-. The molecule has 1 heterocycles. The van der Waals surface area contributed by atoms with Crippen molar-refractivity contribution in [2.45, 2.75) is 46.6 Å². The highest BCUT2D eigenvalue weighted by Gasteiger charge is 2.26. The highest BCUT2D eigenvalue weighted by molar-refractivity contribution is 6.06. The molecule has 0 atom stereocenters. The van der Waals surface area contributed by atoms with E-state index in [4.69, 9.17) is 4.74 Å². The molecule has 168 valence electrons. The van der Waals surface area contributed by atoms with Gasteiger partial charge in [0, 0.05) is 49.1 Å². The van der Waals surface area contributed by atoms with E-state index in [1.54, 1.807) is 41.0 Å². The van der Waals surface area contributed by atoms with E-state index in [0.717, 1.165) is 0 Å². The minimum Gasteiger partial charge on any atom is -0.444 e. The van der Waals surface area contributed by atoms with E-state index in [-0.39, 0.29) is 17.8 Å². The maximum absolute atomic E-state index is 12.8. The molecule has 31 heavy (non-hydrogen) atoms. The van der Waals surface area contributed by atoms with Crippen molar-refractivity contribution in [2.24, 2.45) is 0 Å². The van der Waals surface area contributed by atoms with Crippen molar-refractivity contribution in [3.05, 3.63) is 41.5 Å². The Morgan fingerprint density at radius 2 is 1.52 bits per heavy atom. The minimum atomic E-state index is -0.571. The summed E-state index contributed by atoms with van der Waals surface area (Å²) in [7, 11) is 0. The van der Waals surface area contributed by atoms with Gasteiger partial charge in [-0.15, -0.1) is 0 Å². The van der Waals surface area contributed by atoms with Crippen LogP contribution >= 0.6 is 0 Å². The smallest absolute Gasteiger partial charge is 0.410 e.